The molecule has 80 valence electrons. The van der Waals surface area contributed by atoms with E-state index in [0.717, 1.165) is 6.08 Å². The molecule has 0 atom stereocenters. The molecule has 0 spiro atoms. The first kappa shape index (κ1) is 15.0. The maximum atomic E-state index is 11.2. The second-order valence-corrected chi connectivity index (χ2v) is 2.94. The van der Waals surface area contributed by atoms with Crippen molar-refractivity contribution in [3.8, 4) is 5.75 Å². The molecule has 0 radical (unpaired) electrons. The third kappa shape index (κ3) is 4.70. The number of allylic oxidation sites excluding steroid dienone is 1. The fourth-order valence-electron chi connectivity index (χ4n) is 1.10. The number of hydrogen-bond donors (Lipinski definition) is 1. The number of methoxy groups -OCH3 is 1. The van der Waals surface area contributed by atoms with Gasteiger partial charge in [0.15, 0.2) is 0 Å². The number of nitrogens with one attached hydrogen (secondary N) is 1. The van der Waals surface area contributed by atoms with Crippen LogP contribution in [0.3, 0.4) is 0 Å². The van der Waals surface area contributed by atoms with Crippen LogP contribution in [-0.2, 0) is 4.79 Å². The smallest absolute Gasteiger partial charge is 0.875 e. The molecular formula is C11H12NNaO3. The predicted octanol–water partition coefficient (Wildman–Crippen LogP) is -2.10. The van der Waals surface area contributed by atoms with E-state index in [9.17, 15) is 9.90 Å². The van der Waals surface area contributed by atoms with Gasteiger partial charge in [0.1, 0.15) is 5.75 Å². The summed E-state index contributed by atoms with van der Waals surface area (Å²) in [6, 6.07) is 6.99. The van der Waals surface area contributed by atoms with Gasteiger partial charge >= 0.3 is 29.6 Å². The Balaban J connectivity index is 0.00000225. The first-order valence-corrected chi connectivity index (χ1v) is 4.43. The Morgan fingerprint density at radius 3 is 2.62 bits per heavy atom. The van der Waals surface area contributed by atoms with Crippen molar-refractivity contribution in [1.82, 2.24) is 0 Å². The molecule has 16 heavy (non-hydrogen) atoms. The molecule has 0 unspecified atom stereocenters. The molecule has 0 saturated heterocycles. The van der Waals surface area contributed by atoms with Gasteiger partial charge in [0.25, 0.3) is 0 Å². The monoisotopic (exact) mass is 229 g/mol. The number of carbonyl (C=O) groups excluding carboxylic acids is 1. The number of carbonyl (C=O) groups is 1. The molecule has 0 fully saturated rings. The molecule has 1 N–H and O–H groups in total. The first-order valence-electron chi connectivity index (χ1n) is 4.43. The van der Waals surface area contributed by atoms with Crippen LogP contribution in [0.15, 0.2) is 36.1 Å². The molecule has 1 aromatic rings. The molecule has 0 aliphatic carbocycles. The van der Waals surface area contributed by atoms with E-state index in [1.165, 1.54) is 14.0 Å². The van der Waals surface area contributed by atoms with Gasteiger partial charge < -0.3 is 15.2 Å². The molecule has 1 rings (SSSR count). The van der Waals surface area contributed by atoms with E-state index >= 15 is 0 Å². The third-order valence-electron chi connectivity index (χ3n) is 1.70. The van der Waals surface area contributed by atoms with Gasteiger partial charge in [0.05, 0.1) is 12.8 Å². The Bertz CT molecular complexity index is 387. The van der Waals surface area contributed by atoms with E-state index in [-0.39, 0.29) is 35.3 Å². The maximum absolute atomic E-state index is 11.2. The molecule has 0 aromatic heterocycles. The van der Waals surface area contributed by atoms with Gasteiger partial charge in [0.2, 0.25) is 5.91 Å². The summed E-state index contributed by atoms with van der Waals surface area (Å²) in [4.78, 5) is 11.2. The third-order valence-corrected chi connectivity index (χ3v) is 1.70. The van der Waals surface area contributed by atoms with Gasteiger partial charge in [-0.15, -0.1) is 5.76 Å². The van der Waals surface area contributed by atoms with Crippen molar-refractivity contribution in [1.29, 1.82) is 0 Å². The Labute approximate surface area is 117 Å². The van der Waals surface area contributed by atoms with Crippen molar-refractivity contribution in [3.05, 3.63) is 36.1 Å². The first-order chi connectivity index (χ1) is 7.13. The van der Waals surface area contributed by atoms with Crippen LogP contribution in [-0.4, -0.2) is 13.0 Å². The van der Waals surface area contributed by atoms with E-state index in [2.05, 4.69) is 5.32 Å². The van der Waals surface area contributed by atoms with Crippen LogP contribution in [0.1, 0.15) is 6.92 Å². The zero-order valence-corrected chi connectivity index (χ0v) is 11.6. The van der Waals surface area contributed by atoms with E-state index in [4.69, 9.17) is 4.74 Å². The number of amides is 1. The van der Waals surface area contributed by atoms with Gasteiger partial charge in [0, 0.05) is 0 Å². The van der Waals surface area contributed by atoms with Crippen LogP contribution >= 0.6 is 0 Å². The number of benzene rings is 1. The second-order valence-electron chi connectivity index (χ2n) is 2.94. The average Bonchev–Trinajstić information content (AvgIpc) is 2.17. The molecule has 0 saturated carbocycles. The summed E-state index contributed by atoms with van der Waals surface area (Å²) < 4.78 is 5.04. The van der Waals surface area contributed by atoms with E-state index in [0.29, 0.717) is 11.4 Å². The number of anilines is 1. The molecule has 0 bridgehead atoms. The molecule has 4 nitrogen and oxygen atoms in total. The van der Waals surface area contributed by atoms with E-state index < -0.39 is 5.91 Å². The molecule has 0 aliphatic rings. The summed E-state index contributed by atoms with van der Waals surface area (Å²) in [6.07, 6.45) is 0.992. The zero-order valence-electron chi connectivity index (χ0n) is 9.61. The van der Waals surface area contributed by atoms with Crippen LogP contribution in [0.2, 0.25) is 0 Å². The summed E-state index contributed by atoms with van der Waals surface area (Å²) in [6.45, 7) is 1.32. The summed E-state index contributed by atoms with van der Waals surface area (Å²) >= 11 is 0. The molecule has 0 heterocycles. The van der Waals surface area contributed by atoms with E-state index in [1.54, 1.807) is 24.3 Å². The van der Waals surface area contributed by atoms with Crippen molar-refractivity contribution in [2.45, 2.75) is 6.92 Å². The van der Waals surface area contributed by atoms with Crippen LogP contribution in [0.5, 0.6) is 5.75 Å². The Kier molecular flexibility index (Phi) is 6.88. The fourth-order valence-corrected chi connectivity index (χ4v) is 1.10. The van der Waals surface area contributed by atoms with E-state index in [1.807, 2.05) is 0 Å². The Morgan fingerprint density at radius 2 is 2.06 bits per heavy atom. The number of ether oxygens (including phenoxy) is 1. The topological polar surface area (TPSA) is 61.4 Å². The summed E-state index contributed by atoms with van der Waals surface area (Å²) in [5.41, 5.74) is 0.544. The van der Waals surface area contributed by atoms with Gasteiger partial charge in [-0.3, -0.25) is 4.79 Å². The minimum Gasteiger partial charge on any atom is -0.875 e. The van der Waals surface area contributed by atoms with Crippen LogP contribution < -0.4 is 44.7 Å². The van der Waals surface area contributed by atoms with Crippen LogP contribution in [0.4, 0.5) is 5.69 Å². The second kappa shape index (κ2) is 7.33. The SMILES string of the molecule is COc1ccccc1NC(=O)/C=C(/C)[O-].[Na+]. The van der Waals surface area contributed by atoms with Crippen molar-refractivity contribution in [2.75, 3.05) is 12.4 Å². The van der Waals surface area contributed by atoms with Crippen molar-refractivity contribution in [2.24, 2.45) is 0 Å². The van der Waals surface area contributed by atoms with Gasteiger partial charge in [-0.1, -0.05) is 19.1 Å². The standard InChI is InChI=1S/C11H13NO3.Na/c1-8(13)7-11(14)12-9-5-3-4-6-10(9)15-2;/h3-7,13H,1-2H3,(H,12,14);/q;+1/p-1/b8-7-;. The predicted molar refractivity (Wildman–Crippen MR) is 55.4 cm³/mol. The Hall–Kier alpha value is -0.970. The number of hydrogen-bond acceptors (Lipinski definition) is 3. The number of para-hydroxylation sites is 2. The summed E-state index contributed by atoms with van der Waals surface area (Å²) in [7, 11) is 1.51. The van der Waals surface area contributed by atoms with Gasteiger partial charge in [-0.05, 0) is 18.2 Å². The maximum Gasteiger partial charge on any atom is 1.00 e. The zero-order chi connectivity index (χ0) is 11.3. The molecule has 0 aliphatic heterocycles. The van der Waals surface area contributed by atoms with Crippen molar-refractivity contribution >= 4 is 11.6 Å². The normalized spacial score (nSPS) is 10.2. The quantitative estimate of drug-likeness (QED) is 0.367. The molecule has 1 aromatic carbocycles. The van der Waals surface area contributed by atoms with Crippen molar-refractivity contribution in [3.63, 3.8) is 0 Å². The summed E-state index contributed by atoms with van der Waals surface area (Å²) in [5, 5.41) is 13.2. The largest absolute Gasteiger partial charge is 1.00 e. The minimum absolute atomic E-state index is 0. The number of rotatable bonds is 3. The molecule has 5 heteroatoms. The van der Waals surface area contributed by atoms with Gasteiger partial charge in [-0.2, -0.15) is 0 Å². The molecule has 1 amide bonds. The summed E-state index contributed by atoms with van der Waals surface area (Å²) in [5.74, 6) is -0.183. The fraction of sp³-hybridized carbons (Fsp3) is 0.182. The Morgan fingerprint density at radius 1 is 1.44 bits per heavy atom. The van der Waals surface area contributed by atoms with Gasteiger partial charge in [-0.25, -0.2) is 0 Å². The van der Waals surface area contributed by atoms with Crippen LogP contribution in [0, 0.1) is 0 Å². The van der Waals surface area contributed by atoms with Crippen molar-refractivity contribution < 1.29 is 44.2 Å². The average molecular weight is 229 g/mol. The minimum atomic E-state index is -0.452. The van der Waals surface area contributed by atoms with Crippen LogP contribution in [0.25, 0.3) is 0 Å². The molecular weight excluding hydrogens is 217 g/mol.